The largest absolute Gasteiger partial charge is 0.461 e. The summed E-state index contributed by atoms with van der Waals surface area (Å²) >= 11 is 0. The summed E-state index contributed by atoms with van der Waals surface area (Å²) in [5, 5.41) is 9.72. The number of para-hydroxylation sites is 1. The number of benzene rings is 3. The number of carbonyl (C=O) groups is 5. The Morgan fingerprint density at radius 2 is 0.847 bits per heavy atom. The Labute approximate surface area is 426 Å². The van der Waals surface area contributed by atoms with Gasteiger partial charge in [0.25, 0.3) is 0 Å². The average molecular weight is 989 g/mol. The van der Waals surface area contributed by atoms with Crippen molar-refractivity contribution in [1.29, 1.82) is 0 Å². The fourth-order valence-electron chi connectivity index (χ4n) is 6.42. The highest BCUT2D eigenvalue weighted by molar-refractivity contribution is 6.18. The molecule has 0 amide bonds. The van der Waals surface area contributed by atoms with Crippen molar-refractivity contribution < 1.29 is 42.9 Å². The molecule has 0 aliphatic rings. The predicted octanol–water partition coefficient (Wildman–Crippen LogP) is 12.6. The van der Waals surface area contributed by atoms with Gasteiger partial charge < -0.3 is 34.9 Å². The van der Waals surface area contributed by atoms with Gasteiger partial charge in [-0.15, -0.1) is 0 Å². The lowest BCUT2D eigenvalue weighted by Crippen LogP contribution is -2.25. The van der Waals surface area contributed by atoms with E-state index < -0.39 is 23.9 Å². The Kier molecular flexibility index (Phi) is 20.4. The van der Waals surface area contributed by atoms with Gasteiger partial charge in [0.15, 0.2) is 5.78 Å². The highest BCUT2D eigenvalue weighted by Crippen LogP contribution is 2.29. The van der Waals surface area contributed by atoms with E-state index in [1.165, 1.54) is 12.2 Å². The third-order valence-corrected chi connectivity index (χ3v) is 10.2. The maximum atomic E-state index is 13.9. The Bertz CT molecular complexity index is 2360. The topological polar surface area (TPSA) is 197 Å². The van der Waals surface area contributed by atoms with E-state index >= 15 is 0 Å². The van der Waals surface area contributed by atoms with Crippen LogP contribution in [0.1, 0.15) is 144 Å². The minimum absolute atomic E-state index is 0.0317. The Morgan fingerprint density at radius 1 is 0.500 bits per heavy atom. The van der Waals surface area contributed by atoms with E-state index in [2.05, 4.69) is 27.9 Å². The second-order valence-electron chi connectivity index (χ2n) is 22.7. The number of esters is 4. The zero-order valence-electron chi connectivity index (χ0n) is 44.8. The molecule has 1 aromatic heterocycles. The number of unbranched alkanes of at least 4 members (excludes halogenated alkanes) is 1. The molecule has 0 bridgehead atoms. The zero-order chi connectivity index (χ0) is 53.4. The molecule has 3 N–H and O–H groups in total. The van der Waals surface area contributed by atoms with Crippen LogP contribution in [0.2, 0.25) is 0 Å². The van der Waals surface area contributed by atoms with Crippen molar-refractivity contribution in [3.8, 4) is 0 Å². The summed E-state index contributed by atoms with van der Waals surface area (Å²) in [7, 11) is 0. The first-order chi connectivity index (χ1) is 33.6. The van der Waals surface area contributed by atoms with Gasteiger partial charge in [-0.1, -0.05) is 146 Å². The smallest absolute Gasteiger partial charge is 0.345 e. The lowest BCUT2D eigenvalue weighted by molar-refractivity contribution is -0.151. The van der Waals surface area contributed by atoms with Crippen molar-refractivity contribution in [2.45, 2.75) is 123 Å². The molecule has 0 fully saturated rings. The number of ketones is 1. The molecule has 3 aromatic carbocycles. The molecule has 15 nitrogen and oxygen atoms in total. The Morgan fingerprint density at radius 3 is 1.18 bits per heavy atom. The second-order valence-corrected chi connectivity index (χ2v) is 22.7. The molecule has 0 saturated carbocycles. The molecule has 4 aromatic rings. The molecule has 72 heavy (non-hydrogen) atoms. The van der Waals surface area contributed by atoms with Crippen LogP contribution in [0.4, 0.5) is 34.9 Å². The third-order valence-electron chi connectivity index (χ3n) is 10.2. The molecule has 1 heterocycles. The van der Waals surface area contributed by atoms with Gasteiger partial charge in [-0.3, -0.25) is 4.79 Å². The van der Waals surface area contributed by atoms with Gasteiger partial charge in [0, 0.05) is 22.9 Å². The van der Waals surface area contributed by atoms with Gasteiger partial charge in [0.05, 0.1) is 32.1 Å². The summed E-state index contributed by atoms with van der Waals surface area (Å²) in [5.41, 5.74) is 1.50. The number of carbonyl (C=O) groups excluding carboxylic acids is 5. The first kappa shape index (κ1) is 57.7. The van der Waals surface area contributed by atoms with Crippen molar-refractivity contribution >= 4 is 76.7 Å². The molecule has 388 valence electrons. The molecule has 15 heteroatoms. The molecule has 0 aliphatic carbocycles. The van der Waals surface area contributed by atoms with Gasteiger partial charge in [0.1, 0.15) is 11.1 Å². The lowest BCUT2D eigenvalue weighted by Gasteiger charge is -2.20. The van der Waals surface area contributed by atoms with E-state index in [1.54, 1.807) is 60.7 Å². The van der Waals surface area contributed by atoms with Crippen molar-refractivity contribution in [2.24, 2.45) is 27.6 Å². The first-order valence-electron chi connectivity index (χ1n) is 24.6. The number of nitrogens with one attached hydrogen (secondary N) is 3. The summed E-state index contributed by atoms with van der Waals surface area (Å²) in [6.07, 6.45) is 6.30. The third kappa shape index (κ3) is 20.1. The standard InChI is InChI=1S/C57H76N6O9/c1-15-17-20-39(16-2)46(64)42-21-18-19-22-45(42)60-53-62-51(58-40-27-23-37(24-28-40)31-43(47(65)69-33-54(3,4)5)48(66)70-34-55(6,7)8)61-52(63-53)59-41-29-25-38(26-30-41)32-44(49(67)71-35-56(9,10)11)50(68)72-36-57(12,13)14/h18-19,21-32,39H,15-17,20,33-36H2,1-14H3,(H3,58,59,60,61,62,63). The first-order valence-corrected chi connectivity index (χ1v) is 24.6. The van der Waals surface area contributed by atoms with E-state index in [0.717, 1.165) is 19.3 Å². The molecule has 0 aliphatic heterocycles. The summed E-state index contributed by atoms with van der Waals surface area (Å²) in [5.74, 6) is -2.83. The van der Waals surface area contributed by atoms with Gasteiger partial charge >= 0.3 is 23.9 Å². The number of hydrogen-bond donors (Lipinski definition) is 3. The normalized spacial score (nSPS) is 12.1. The minimum atomic E-state index is -0.783. The van der Waals surface area contributed by atoms with Gasteiger partial charge in [-0.25, -0.2) is 19.2 Å². The van der Waals surface area contributed by atoms with Crippen LogP contribution in [0.25, 0.3) is 12.2 Å². The molecule has 0 saturated heterocycles. The Balaban J connectivity index is 1.72. The molecule has 4 rings (SSSR count). The quantitative estimate of drug-likeness (QED) is 0.0168. The van der Waals surface area contributed by atoms with E-state index in [9.17, 15) is 24.0 Å². The summed E-state index contributed by atoms with van der Waals surface area (Å²) < 4.78 is 22.1. The average Bonchev–Trinajstić information content (AvgIpc) is 3.29. The minimum Gasteiger partial charge on any atom is -0.461 e. The number of rotatable bonds is 22. The maximum absolute atomic E-state index is 13.9. The van der Waals surface area contributed by atoms with Crippen LogP contribution in [-0.4, -0.2) is 71.0 Å². The van der Waals surface area contributed by atoms with Crippen LogP contribution in [-0.2, 0) is 38.1 Å². The van der Waals surface area contributed by atoms with Crippen LogP contribution in [0.15, 0.2) is 83.9 Å². The van der Waals surface area contributed by atoms with Gasteiger partial charge in [-0.2, -0.15) is 15.0 Å². The monoisotopic (exact) mass is 989 g/mol. The van der Waals surface area contributed by atoms with E-state index in [4.69, 9.17) is 28.9 Å². The van der Waals surface area contributed by atoms with Gasteiger partial charge in [0.2, 0.25) is 17.8 Å². The van der Waals surface area contributed by atoms with Crippen LogP contribution >= 0.6 is 0 Å². The Hall–Kier alpha value is -6.90. The number of nitrogens with zero attached hydrogens (tertiary/aromatic N) is 3. The molecular formula is C57H76N6O9. The second kappa shape index (κ2) is 25.5. The van der Waals surface area contributed by atoms with Crippen molar-refractivity contribution in [3.63, 3.8) is 0 Å². The number of anilines is 6. The molecular weight excluding hydrogens is 913 g/mol. The van der Waals surface area contributed by atoms with Crippen LogP contribution < -0.4 is 16.0 Å². The molecule has 0 spiro atoms. The molecule has 1 atom stereocenters. The van der Waals surface area contributed by atoms with Crippen molar-refractivity contribution in [3.05, 3.63) is 101 Å². The lowest BCUT2D eigenvalue weighted by atomic mass is 9.90. The summed E-state index contributed by atoms with van der Waals surface area (Å²) in [6.45, 7) is 27.6. The summed E-state index contributed by atoms with van der Waals surface area (Å²) in [6, 6.07) is 21.1. The SMILES string of the molecule is CCCCC(CC)C(=O)c1ccccc1Nc1nc(Nc2ccc(C=C(C(=O)OCC(C)(C)C)C(=O)OCC(C)(C)C)cc2)nc(Nc2ccc(C=C(C(=O)OCC(C)(C)C)C(=O)OCC(C)(C)C)cc2)n1. The number of aromatic nitrogens is 3. The number of hydrogen-bond acceptors (Lipinski definition) is 15. The maximum Gasteiger partial charge on any atom is 0.345 e. The highest BCUT2D eigenvalue weighted by atomic mass is 16.6. The number of Topliss-reactive ketones (excluding diaryl/α,β-unsaturated/α-hetero) is 1. The van der Waals surface area contributed by atoms with Crippen LogP contribution in [0, 0.1) is 27.6 Å². The fraction of sp³-hybridized carbons (Fsp3) is 0.474. The van der Waals surface area contributed by atoms with Crippen LogP contribution in [0.5, 0.6) is 0 Å². The molecule has 0 radical (unpaired) electrons. The van der Waals surface area contributed by atoms with Crippen molar-refractivity contribution in [2.75, 3.05) is 42.4 Å². The van der Waals surface area contributed by atoms with Gasteiger partial charge in [-0.05, 0) is 94.2 Å². The van der Waals surface area contributed by atoms with Crippen molar-refractivity contribution in [1.82, 2.24) is 15.0 Å². The van der Waals surface area contributed by atoms with E-state index in [1.807, 2.05) is 102 Å². The molecule has 1 unspecified atom stereocenters. The fourth-order valence-corrected chi connectivity index (χ4v) is 6.42. The van der Waals surface area contributed by atoms with E-state index in [-0.39, 0.29) is 88.8 Å². The predicted molar refractivity (Wildman–Crippen MR) is 284 cm³/mol. The van der Waals surface area contributed by atoms with E-state index in [0.29, 0.717) is 40.2 Å². The van der Waals surface area contributed by atoms with Crippen LogP contribution in [0.3, 0.4) is 0 Å². The zero-order valence-corrected chi connectivity index (χ0v) is 44.8. The summed E-state index contributed by atoms with van der Waals surface area (Å²) in [4.78, 5) is 81.0. The highest BCUT2D eigenvalue weighted by Gasteiger charge is 2.28. The number of ether oxygens (including phenoxy) is 4.